The lowest BCUT2D eigenvalue weighted by atomic mass is 9.93. The molecule has 1 aromatic carbocycles. The first-order valence-electron chi connectivity index (χ1n) is 12.8. The van der Waals surface area contributed by atoms with E-state index in [4.69, 9.17) is 19.6 Å². The predicted molar refractivity (Wildman–Crippen MR) is 149 cm³/mol. The first-order chi connectivity index (χ1) is 19.7. The van der Waals surface area contributed by atoms with Crippen LogP contribution < -0.4 is 10.2 Å². The van der Waals surface area contributed by atoms with Crippen molar-refractivity contribution in [3.8, 4) is 11.3 Å². The molecule has 41 heavy (non-hydrogen) atoms. The number of carboxylic acids is 1. The molecule has 0 atom stereocenters. The van der Waals surface area contributed by atoms with E-state index < -0.39 is 12.1 Å². The smallest absolute Gasteiger partial charge is 0.475 e. The number of nitrogens with one attached hydrogen (secondary N) is 1. The zero-order valence-electron chi connectivity index (χ0n) is 21.9. The number of carbonyl (C=O) groups excluding carboxylic acids is 1. The molecule has 1 fully saturated rings. The van der Waals surface area contributed by atoms with Crippen LogP contribution in [0.2, 0.25) is 0 Å². The summed E-state index contributed by atoms with van der Waals surface area (Å²) < 4.78 is 36.9. The van der Waals surface area contributed by atoms with Crippen LogP contribution >= 0.6 is 11.3 Å². The number of anilines is 1. The fourth-order valence-electron chi connectivity index (χ4n) is 4.42. The number of alkyl carbamates (subject to hydrolysis) is 1. The van der Waals surface area contributed by atoms with Gasteiger partial charge in [-0.1, -0.05) is 24.3 Å². The highest BCUT2D eigenvalue weighted by atomic mass is 32.1. The lowest BCUT2D eigenvalue weighted by molar-refractivity contribution is -0.192. The molecule has 0 saturated carbocycles. The van der Waals surface area contributed by atoms with Gasteiger partial charge in [-0.15, -0.1) is 11.3 Å². The minimum absolute atomic E-state index is 0.218. The highest BCUT2D eigenvalue weighted by Gasteiger charge is 2.38. The Bertz CT molecular complexity index is 1440. The van der Waals surface area contributed by atoms with Crippen molar-refractivity contribution in [2.24, 2.45) is 5.92 Å². The second kappa shape index (κ2) is 13.9. The molecule has 4 heterocycles. The van der Waals surface area contributed by atoms with Crippen molar-refractivity contribution < 1.29 is 32.6 Å². The molecular formula is C28H28F3N5O4S. The fraction of sp³-hybridized carbons (Fsp3) is 0.321. The van der Waals surface area contributed by atoms with Gasteiger partial charge in [0, 0.05) is 48.4 Å². The Morgan fingerprint density at radius 1 is 1.12 bits per heavy atom. The standard InChI is InChI=1S/C26H27N5O2S.C2HF3O2/c32-26(33-16-21-17-34-18-29-21)28-12-7-19-9-13-31(14-10-19)25-6-2-5-24(30-25)23-4-1-3-20-15-27-11-8-22(20)23;3-2(4,5)1(6)7/h1-6,8,11,15,17-19H,7,9-10,12-14,16H2,(H,28,32);(H,6,7). The Morgan fingerprint density at radius 3 is 2.59 bits per heavy atom. The molecule has 0 unspecified atom stereocenters. The topological polar surface area (TPSA) is 118 Å². The van der Waals surface area contributed by atoms with Crippen LogP contribution in [0, 0.1) is 5.92 Å². The third-order valence-electron chi connectivity index (χ3n) is 6.53. The maximum Gasteiger partial charge on any atom is 0.490 e. The Kier molecular flexibility index (Phi) is 10.1. The third kappa shape index (κ3) is 8.61. The van der Waals surface area contributed by atoms with Crippen molar-refractivity contribution in [2.75, 3.05) is 24.5 Å². The average molecular weight is 588 g/mol. The molecule has 0 spiro atoms. The van der Waals surface area contributed by atoms with Crippen molar-refractivity contribution in [1.29, 1.82) is 0 Å². The number of benzene rings is 1. The Balaban J connectivity index is 0.000000493. The third-order valence-corrected chi connectivity index (χ3v) is 7.16. The molecule has 216 valence electrons. The number of thiazole rings is 1. The summed E-state index contributed by atoms with van der Waals surface area (Å²) in [6.07, 6.45) is 1.38. The van der Waals surface area contributed by atoms with Crippen molar-refractivity contribution in [1.82, 2.24) is 20.3 Å². The monoisotopic (exact) mass is 587 g/mol. The van der Waals surface area contributed by atoms with Gasteiger partial charge in [0.2, 0.25) is 0 Å². The zero-order chi connectivity index (χ0) is 29.2. The number of piperidine rings is 1. The molecule has 3 aromatic heterocycles. The van der Waals surface area contributed by atoms with Crippen molar-refractivity contribution in [3.05, 3.63) is 71.4 Å². The number of ether oxygens (including phenoxy) is 1. The minimum atomic E-state index is -5.08. The molecule has 0 radical (unpaired) electrons. The molecule has 9 nitrogen and oxygen atoms in total. The van der Waals surface area contributed by atoms with E-state index in [2.05, 4.69) is 56.6 Å². The number of amides is 1. The number of carbonyl (C=O) groups is 2. The fourth-order valence-corrected chi connectivity index (χ4v) is 4.97. The largest absolute Gasteiger partial charge is 0.490 e. The van der Waals surface area contributed by atoms with Crippen molar-refractivity contribution in [2.45, 2.75) is 32.0 Å². The molecular weight excluding hydrogens is 559 g/mol. The second-order valence-corrected chi connectivity index (χ2v) is 10.0. The molecule has 1 aliphatic heterocycles. The van der Waals surface area contributed by atoms with Gasteiger partial charge in [0.05, 0.1) is 16.9 Å². The normalized spacial score (nSPS) is 13.8. The summed E-state index contributed by atoms with van der Waals surface area (Å²) in [5, 5.41) is 14.1. The van der Waals surface area contributed by atoms with Gasteiger partial charge >= 0.3 is 18.2 Å². The highest BCUT2D eigenvalue weighted by molar-refractivity contribution is 7.07. The highest BCUT2D eigenvalue weighted by Crippen LogP contribution is 2.30. The van der Waals surface area contributed by atoms with Gasteiger partial charge in [-0.05, 0) is 48.8 Å². The summed E-state index contributed by atoms with van der Waals surface area (Å²) in [5.41, 5.74) is 4.62. The summed E-state index contributed by atoms with van der Waals surface area (Å²) in [4.78, 5) is 36.5. The van der Waals surface area contributed by atoms with E-state index in [1.165, 1.54) is 16.7 Å². The number of fused-ring (bicyclic) bond motifs is 1. The molecule has 0 bridgehead atoms. The van der Waals surface area contributed by atoms with Gasteiger partial charge < -0.3 is 20.1 Å². The van der Waals surface area contributed by atoms with E-state index in [-0.39, 0.29) is 12.7 Å². The van der Waals surface area contributed by atoms with Crippen molar-refractivity contribution >= 4 is 40.0 Å². The van der Waals surface area contributed by atoms with E-state index in [1.807, 2.05) is 23.8 Å². The van der Waals surface area contributed by atoms with Crippen LogP contribution in [0.25, 0.3) is 22.0 Å². The van der Waals surface area contributed by atoms with Gasteiger partial charge in [0.15, 0.2) is 0 Å². The number of alkyl halides is 3. The summed E-state index contributed by atoms with van der Waals surface area (Å²) in [6, 6.07) is 14.6. The molecule has 13 heteroatoms. The molecule has 1 aliphatic rings. The molecule has 2 N–H and O–H groups in total. The minimum Gasteiger partial charge on any atom is -0.475 e. The SMILES string of the molecule is O=C(NCCC1CCN(c2cccc(-c3cccc4cnccc34)n2)CC1)OCc1cscn1.O=C(O)C(F)(F)F. The summed E-state index contributed by atoms with van der Waals surface area (Å²) in [6.45, 7) is 2.78. The number of nitrogens with zero attached hydrogens (tertiary/aromatic N) is 4. The Hall–Kier alpha value is -4.26. The molecule has 4 aromatic rings. The van der Waals surface area contributed by atoms with E-state index in [1.54, 1.807) is 5.51 Å². The first-order valence-corrected chi connectivity index (χ1v) is 13.8. The number of carboxylic acid groups (broad SMARTS) is 1. The van der Waals surface area contributed by atoms with E-state index in [9.17, 15) is 18.0 Å². The second-order valence-electron chi connectivity index (χ2n) is 9.29. The van der Waals surface area contributed by atoms with Crippen LogP contribution in [-0.2, 0) is 16.1 Å². The van der Waals surface area contributed by atoms with E-state index >= 15 is 0 Å². The average Bonchev–Trinajstić information content (AvgIpc) is 3.50. The van der Waals surface area contributed by atoms with Gasteiger partial charge in [-0.2, -0.15) is 13.2 Å². The number of aliphatic carboxylic acids is 1. The number of hydrogen-bond donors (Lipinski definition) is 2. The van der Waals surface area contributed by atoms with E-state index in [0.717, 1.165) is 60.5 Å². The molecule has 1 saturated heterocycles. The maximum atomic E-state index is 11.9. The zero-order valence-corrected chi connectivity index (χ0v) is 22.7. The number of halogens is 3. The number of pyridine rings is 2. The number of hydrogen-bond acceptors (Lipinski definition) is 8. The van der Waals surface area contributed by atoms with E-state index in [0.29, 0.717) is 12.5 Å². The van der Waals surface area contributed by atoms with Gasteiger partial charge in [0.25, 0.3) is 0 Å². The number of rotatable bonds is 7. The van der Waals surface area contributed by atoms with Crippen LogP contribution in [-0.4, -0.2) is 57.9 Å². The van der Waals surface area contributed by atoms with Gasteiger partial charge in [-0.25, -0.2) is 19.6 Å². The quantitative estimate of drug-likeness (QED) is 0.274. The summed E-state index contributed by atoms with van der Waals surface area (Å²) >= 11 is 1.49. The summed E-state index contributed by atoms with van der Waals surface area (Å²) in [7, 11) is 0. The lowest BCUT2D eigenvalue weighted by Gasteiger charge is -2.33. The van der Waals surface area contributed by atoms with Crippen LogP contribution in [0.5, 0.6) is 0 Å². The van der Waals surface area contributed by atoms with Crippen molar-refractivity contribution in [3.63, 3.8) is 0 Å². The first kappa shape index (κ1) is 29.7. The summed E-state index contributed by atoms with van der Waals surface area (Å²) in [5.74, 6) is -1.15. The Labute approximate surface area is 238 Å². The predicted octanol–water partition coefficient (Wildman–Crippen LogP) is 5.92. The number of aromatic nitrogens is 3. The molecule has 0 aliphatic carbocycles. The van der Waals surface area contributed by atoms with Gasteiger partial charge in [0.1, 0.15) is 12.4 Å². The molecule has 5 rings (SSSR count). The lowest BCUT2D eigenvalue weighted by Crippen LogP contribution is -2.35. The maximum absolute atomic E-state index is 11.9. The van der Waals surface area contributed by atoms with Crippen LogP contribution in [0.3, 0.4) is 0 Å². The van der Waals surface area contributed by atoms with Crippen LogP contribution in [0.1, 0.15) is 25.0 Å². The van der Waals surface area contributed by atoms with Gasteiger partial charge in [-0.3, -0.25) is 4.98 Å². The van der Waals surface area contributed by atoms with Crippen LogP contribution in [0.15, 0.2) is 65.7 Å². The Morgan fingerprint density at radius 2 is 1.88 bits per heavy atom. The van der Waals surface area contributed by atoms with Crippen LogP contribution in [0.4, 0.5) is 23.8 Å². The molecule has 1 amide bonds.